The number of urea groups is 1. The number of nitrogens with one attached hydrogen (secondary N) is 2. The number of benzene rings is 3. The number of carbonyl (C=O) groups excluding carboxylic acids is 2. The minimum Gasteiger partial charge on any atom is -0.336 e. The van der Waals surface area contributed by atoms with Crippen molar-refractivity contribution in [1.29, 1.82) is 0 Å². The topological polar surface area (TPSA) is 103 Å². The van der Waals surface area contributed by atoms with E-state index in [1.54, 1.807) is 59.4 Å². The van der Waals surface area contributed by atoms with E-state index in [4.69, 9.17) is 0 Å². The highest BCUT2D eigenvalue weighted by Crippen LogP contribution is 2.32. The summed E-state index contributed by atoms with van der Waals surface area (Å²) in [5.41, 5.74) is 4.79. The van der Waals surface area contributed by atoms with Gasteiger partial charge in [-0.1, -0.05) is 24.3 Å². The predicted octanol–water partition coefficient (Wildman–Crippen LogP) is 4.13. The van der Waals surface area contributed by atoms with Gasteiger partial charge in [0.2, 0.25) is 0 Å². The molecular weight excluding hydrogens is 561 g/mol. The van der Waals surface area contributed by atoms with Gasteiger partial charge in [0.05, 0.1) is 5.69 Å². The van der Waals surface area contributed by atoms with Crippen molar-refractivity contribution < 1.29 is 14.0 Å². The molecule has 0 unspecified atom stereocenters. The molecule has 6 rings (SSSR count). The minimum absolute atomic E-state index is 0.0143. The lowest BCUT2D eigenvalue weighted by Crippen LogP contribution is -2.46. The Hall–Kier alpha value is -5.03. The summed E-state index contributed by atoms with van der Waals surface area (Å²) in [7, 11) is 1.67. The first-order valence-electron chi connectivity index (χ1n) is 14.6. The summed E-state index contributed by atoms with van der Waals surface area (Å²) in [6.45, 7) is 6.31. The smallest absolute Gasteiger partial charge is 0.324 e. The van der Waals surface area contributed by atoms with E-state index in [-0.39, 0.29) is 29.1 Å². The molecule has 2 saturated heterocycles. The SMILES string of the molecule is Cc1c(-c2cn(C)c(=O)c(Nc3ccc(C(=O)N4CCNCC4)cc3)n2)cccc1N1CCN(Cc2ccc(F)cc2)C1=O. The number of hydrogen-bond acceptors (Lipinski definition) is 6. The highest BCUT2D eigenvalue weighted by atomic mass is 19.1. The summed E-state index contributed by atoms with van der Waals surface area (Å²) in [6, 6.07) is 18.8. The second-order valence-corrected chi connectivity index (χ2v) is 11.1. The van der Waals surface area contributed by atoms with Crippen LogP contribution in [0, 0.1) is 12.7 Å². The first-order chi connectivity index (χ1) is 21.3. The lowest BCUT2D eigenvalue weighted by atomic mass is 10.0. The Balaban J connectivity index is 1.21. The van der Waals surface area contributed by atoms with Gasteiger partial charge in [-0.3, -0.25) is 14.5 Å². The van der Waals surface area contributed by atoms with E-state index in [0.29, 0.717) is 49.7 Å². The molecule has 10 nitrogen and oxygen atoms in total. The predicted molar refractivity (Wildman–Crippen MR) is 168 cm³/mol. The van der Waals surface area contributed by atoms with Crippen molar-refractivity contribution in [3.63, 3.8) is 0 Å². The normalized spacial score (nSPS) is 15.2. The molecular formula is C33H34FN7O3. The van der Waals surface area contributed by atoms with Gasteiger partial charge in [-0.2, -0.15) is 0 Å². The zero-order valence-corrected chi connectivity index (χ0v) is 24.7. The van der Waals surface area contributed by atoms with Crippen LogP contribution >= 0.6 is 0 Å². The number of carbonyl (C=O) groups is 2. The summed E-state index contributed by atoms with van der Waals surface area (Å²) < 4.78 is 14.8. The van der Waals surface area contributed by atoms with Crippen LogP contribution in [0.25, 0.3) is 11.3 Å². The number of piperazine rings is 1. The van der Waals surface area contributed by atoms with Gasteiger partial charge in [0, 0.05) is 81.6 Å². The third kappa shape index (κ3) is 5.91. The Morgan fingerprint density at radius 1 is 0.955 bits per heavy atom. The van der Waals surface area contributed by atoms with Crippen molar-refractivity contribution in [2.75, 3.05) is 49.5 Å². The van der Waals surface area contributed by atoms with Gasteiger partial charge in [0.25, 0.3) is 11.5 Å². The molecule has 3 amide bonds. The molecule has 3 heterocycles. The van der Waals surface area contributed by atoms with Crippen LogP contribution in [-0.4, -0.2) is 70.6 Å². The van der Waals surface area contributed by atoms with Gasteiger partial charge in [-0.25, -0.2) is 14.2 Å². The van der Waals surface area contributed by atoms with Gasteiger partial charge in [-0.15, -0.1) is 0 Å². The van der Waals surface area contributed by atoms with Crippen molar-refractivity contribution in [2.24, 2.45) is 7.05 Å². The summed E-state index contributed by atoms with van der Waals surface area (Å²) >= 11 is 0. The fourth-order valence-corrected chi connectivity index (χ4v) is 5.66. The van der Waals surface area contributed by atoms with Crippen molar-refractivity contribution in [1.82, 2.24) is 24.7 Å². The van der Waals surface area contributed by atoms with Crippen molar-refractivity contribution in [3.8, 4) is 11.3 Å². The van der Waals surface area contributed by atoms with Crippen LogP contribution in [0.1, 0.15) is 21.5 Å². The lowest BCUT2D eigenvalue weighted by Gasteiger charge is -2.27. The highest BCUT2D eigenvalue weighted by Gasteiger charge is 2.31. The van der Waals surface area contributed by atoms with E-state index < -0.39 is 0 Å². The van der Waals surface area contributed by atoms with Crippen LogP contribution in [0.3, 0.4) is 0 Å². The summed E-state index contributed by atoms with van der Waals surface area (Å²) in [5, 5.41) is 6.37. The summed E-state index contributed by atoms with van der Waals surface area (Å²) in [5.74, 6) is -0.171. The molecule has 0 bridgehead atoms. The third-order valence-corrected chi connectivity index (χ3v) is 8.12. The monoisotopic (exact) mass is 595 g/mol. The fourth-order valence-electron chi connectivity index (χ4n) is 5.66. The highest BCUT2D eigenvalue weighted by molar-refractivity contribution is 5.96. The van der Waals surface area contributed by atoms with Crippen LogP contribution in [-0.2, 0) is 13.6 Å². The number of amides is 3. The molecule has 0 saturated carbocycles. The average Bonchev–Trinajstić information content (AvgIpc) is 3.40. The molecule has 0 aliphatic carbocycles. The number of nitrogens with zero attached hydrogens (tertiary/aromatic N) is 5. The molecule has 3 aromatic carbocycles. The molecule has 2 aliphatic heterocycles. The van der Waals surface area contributed by atoms with Gasteiger partial charge in [0.15, 0.2) is 5.82 Å². The van der Waals surface area contributed by atoms with Crippen molar-refractivity contribution in [2.45, 2.75) is 13.5 Å². The maximum Gasteiger partial charge on any atom is 0.324 e. The van der Waals surface area contributed by atoms with E-state index in [0.717, 1.165) is 35.5 Å². The first kappa shape index (κ1) is 29.1. The molecule has 2 N–H and O–H groups in total. The van der Waals surface area contributed by atoms with Gasteiger partial charge >= 0.3 is 6.03 Å². The lowest BCUT2D eigenvalue weighted by molar-refractivity contribution is 0.0736. The maximum atomic E-state index is 13.4. The van der Waals surface area contributed by atoms with Gasteiger partial charge < -0.3 is 25.0 Å². The zero-order chi connectivity index (χ0) is 30.8. The molecule has 44 heavy (non-hydrogen) atoms. The molecule has 1 aromatic heterocycles. The van der Waals surface area contributed by atoms with E-state index in [2.05, 4.69) is 15.6 Å². The second kappa shape index (κ2) is 12.3. The van der Waals surface area contributed by atoms with Crippen LogP contribution in [0.4, 0.5) is 26.4 Å². The van der Waals surface area contributed by atoms with Crippen LogP contribution < -0.4 is 21.1 Å². The number of rotatable bonds is 7. The molecule has 2 aliphatic rings. The Morgan fingerprint density at radius 2 is 1.68 bits per heavy atom. The molecule has 0 atom stereocenters. The first-order valence-corrected chi connectivity index (χ1v) is 14.6. The Labute approximate surface area is 254 Å². The van der Waals surface area contributed by atoms with Crippen LogP contribution in [0.2, 0.25) is 0 Å². The van der Waals surface area contributed by atoms with E-state index in [1.807, 2.05) is 30.0 Å². The largest absolute Gasteiger partial charge is 0.336 e. The Bertz CT molecular complexity index is 1750. The quantitative estimate of drug-likeness (QED) is 0.333. The summed E-state index contributed by atoms with van der Waals surface area (Å²) in [4.78, 5) is 49.2. The number of hydrogen-bond donors (Lipinski definition) is 2. The number of anilines is 3. The fraction of sp³-hybridized carbons (Fsp3) is 0.273. The summed E-state index contributed by atoms with van der Waals surface area (Å²) in [6.07, 6.45) is 1.68. The molecule has 4 aromatic rings. The van der Waals surface area contributed by atoms with Crippen molar-refractivity contribution >= 4 is 29.1 Å². The molecule has 0 radical (unpaired) electrons. The van der Waals surface area contributed by atoms with Gasteiger partial charge in [0.1, 0.15) is 5.82 Å². The van der Waals surface area contributed by atoms with Gasteiger partial charge in [-0.05, 0) is 60.5 Å². The van der Waals surface area contributed by atoms with E-state index >= 15 is 0 Å². The van der Waals surface area contributed by atoms with Crippen LogP contribution in [0.5, 0.6) is 0 Å². The Kier molecular flexibility index (Phi) is 8.12. The number of aromatic nitrogens is 2. The van der Waals surface area contributed by atoms with E-state index in [9.17, 15) is 18.8 Å². The third-order valence-electron chi connectivity index (χ3n) is 8.12. The van der Waals surface area contributed by atoms with E-state index in [1.165, 1.54) is 16.7 Å². The number of halogens is 1. The Morgan fingerprint density at radius 3 is 2.41 bits per heavy atom. The minimum atomic E-state index is -0.309. The average molecular weight is 596 g/mol. The second-order valence-electron chi connectivity index (χ2n) is 11.1. The number of aryl methyl sites for hydroxylation is 1. The standard InChI is InChI=1S/C33H34FN7O3/c1-22-27(4-3-5-29(22)41-19-18-40(33(41)44)20-23-6-10-25(34)11-7-23)28-21-38(2)32(43)30(37-28)36-26-12-8-24(9-13-26)31(42)39-16-14-35-15-17-39/h3-13,21,35H,14-20H2,1-2H3,(H,36,37). The molecule has 226 valence electrons. The zero-order valence-electron chi connectivity index (χ0n) is 24.7. The molecule has 0 spiro atoms. The maximum absolute atomic E-state index is 13.4. The molecule has 11 heteroatoms. The molecule has 2 fully saturated rings. The van der Waals surface area contributed by atoms with Crippen LogP contribution in [0.15, 0.2) is 77.7 Å². The van der Waals surface area contributed by atoms with Crippen molar-refractivity contribution in [3.05, 3.63) is 106 Å².